The Morgan fingerprint density at radius 2 is 1.58 bits per heavy atom. The number of carbonyl (C=O) groups excluding carboxylic acids is 2. The first-order valence-corrected chi connectivity index (χ1v) is 10.6. The van der Waals surface area contributed by atoms with E-state index in [1.807, 2.05) is 67.3 Å². The maximum atomic E-state index is 13.6. The van der Waals surface area contributed by atoms with Gasteiger partial charge in [0, 0.05) is 18.1 Å². The van der Waals surface area contributed by atoms with Crippen molar-refractivity contribution in [3.8, 4) is 0 Å². The van der Waals surface area contributed by atoms with Crippen LogP contribution in [0.4, 0.5) is 5.69 Å². The van der Waals surface area contributed by atoms with Gasteiger partial charge in [0.1, 0.15) is 5.70 Å². The molecule has 1 heterocycles. The summed E-state index contributed by atoms with van der Waals surface area (Å²) in [5, 5.41) is 0.579. The van der Waals surface area contributed by atoms with E-state index in [4.69, 9.17) is 11.6 Å². The number of halogens is 1. The minimum atomic E-state index is -0.320. The van der Waals surface area contributed by atoms with Gasteiger partial charge in [-0.2, -0.15) is 0 Å². The van der Waals surface area contributed by atoms with Crippen molar-refractivity contribution in [1.29, 1.82) is 0 Å². The highest BCUT2D eigenvalue weighted by molar-refractivity contribution is 6.45. The Balaban J connectivity index is 1.83. The molecule has 0 atom stereocenters. The van der Waals surface area contributed by atoms with Gasteiger partial charge in [-0.25, -0.2) is 4.90 Å². The van der Waals surface area contributed by atoms with Crippen molar-refractivity contribution in [3.05, 3.63) is 106 Å². The zero-order chi connectivity index (χ0) is 22.0. The van der Waals surface area contributed by atoms with Crippen LogP contribution in [0.1, 0.15) is 23.6 Å². The lowest BCUT2D eigenvalue weighted by atomic mass is 10.0. The van der Waals surface area contributed by atoms with Crippen molar-refractivity contribution in [2.75, 3.05) is 11.4 Å². The summed E-state index contributed by atoms with van der Waals surface area (Å²) >= 11 is 6.07. The van der Waals surface area contributed by atoms with Crippen LogP contribution in [0.25, 0.3) is 5.57 Å². The summed E-state index contributed by atoms with van der Waals surface area (Å²) in [7, 11) is 0. The Morgan fingerprint density at radius 3 is 2.23 bits per heavy atom. The smallest absolute Gasteiger partial charge is 0.282 e. The average Bonchev–Trinajstić information content (AvgIpc) is 3.03. The van der Waals surface area contributed by atoms with Crippen LogP contribution in [-0.2, 0) is 16.1 Å². The Kier molecular flexibility index (Phi) is 5.92. The molecule has 0 saturated heterocycles. The van der Waals surface area contributed by atoms with E-state index >= 15 is 0 Å². The third-order valence-electron chi connectivity index (χ3n) is 5.37. The zero-order valence-electron chi connectivity index (χ0n) is 17.5. The van der Waals surface area contributed by atoms with E-state index in [1.165, 1.54) is 4.90 Å². The van der Waals surface area contributed by atoms with Gasteiger partial charge in [-0.1, -0.05) is 66.2 Å². The number of nitrogens with zero attached hydrogens (tertiary/aromatic N) is 2. The quantitative estimate of drug-likeness (QED) is 0.488. The summed E-state index contributed by atoms with van der Waals surface area (Å²) in [5.74, 6) is -0.627. The highest BCUT2D eigenvalue weighted by atomic mass is 35.5. The standard InChI is InChI=1S/C26H23ClN2O2/c1-3-28(17-19-9-5-4-6-10-19)24-23(20-12-14-21(27)15-13-20)25(30)29(26(24)31)22-11-7-8-18(2)16-22/h4-16H,3,17H2,1-2H3. The molecule has 0 aliphatic carbocycles. The van der Waals surface area contributed by atoms with Crippen molar-refractivity contribution in [2.24, 2.45) is 0 Å². The molecule has 0 fully saturated rings. The molecular formula is C26H23ClN2O2. The van der Waals surface area contributed by atoms with Crippen LogP contribution in [0, 0.1) is 6.92 Å². The van der Waals surface area contributed by atoms with Gasteiger partial charge in [-0.15, -0.1) is 0 Å². The molecule has 0 saturated carbocycles. The minimum Gasteiger partial charge on any atom is -0.362 e. The maximum Gasteiger partial charge on any atom is 0.282 e. The second-order valence-corrected chi connectivity index (χ2v) is 7.95. The fourth-order valence-corrected chi connectivity index (χ4v) is 3.97. The predicted octanol–water partition coefficient (Wildman–Crippen LogP) is 5.46. The van der Waals surface area contributed by atoms with Gasteiger partial charge in [-0.05, 0) is 54.8 Å². The van der Waals surface area contributed by atoms with Gasteiger partial charge in [0.2, 0.25) is 0 Å². The monoisotopic (exact) mass is 430 g/mol. The molecule has 4 rings (SSSR count). The third-order valence-corrected chi connectivity index (χ3v) is 5.62. The van der Waals surface area contributed by atoms with E-state index in [-0.39, 0.29) is 11.8 Å². The van der Waals surface area contributed by atoms with Crippen LogP contribution in [-0.4, -0.2) is 23.3 Å². The van der Waals surface area contributed by atoms with Crippen molar-refractivity contribution in [2.45, 2.75) is 20.4 Å². The van der Waals surface area contributed by atoms with E-state index in [0.717, 1.165) is 11.1 Å². The minimum absolute atomic E-state index is 0.307. The zero-order valence-corrected chi connectivity index (χ0v) is 18.3. The number of aryl methyl sites for hydroxylation is 1. The third kappa shape index (κ3) is 4.12. The fraction of sp³-hybridized carbons (Fsp3) is 0.154. The number of imide groups is 1. The highest BCUT2D eigenvalue weighted by Gasteiger charge is 2.42. The van der Waals surface area contributed by atoms with Gasteiger partial charge in [0.15, 0.2) is 0 Å². The maximum absolute atomic E-state index is 13.6. The average molecular weight is 431 g/mol. The molecule has 0 spiro atoms. The predicted molar refractivity (Wildman–Crippen MR) is 125 cm³/mol. The molecule has 156 valence electrons. The van der Waals surface area contributed by atoms with E-state index in [0.29, 0.717) is 40.6 Å². The number of anilines is 1. The number of rotatable bonds is 6. The van der Waals surface area contributed by atoms with E-state index in [2.05, 4.69) is 0 Å². The Morgan fingerprint density at radius 1 is 0.871 bits per heavy atom. The molecule has 4 nitrogen and oxygen atoms in total. The molecule has 0 aromatic heterocycles. The largest absolute Gasteiger partial charge is 0.362 e. The van der Waals surface area contributed by atoms with Crippen molar-refractivity contribution < 1.29 is 9.59 Å². The molecule has 0 unspecified atom stereocenters. The van der Waals surface area contributed by atoms with Gasteiger partial charge in [0.25, 0.3) is 11.8 Å². The molecule has 0 N–H and O–H groups in total. The van der Waals surface area contributed by atoms with Gasteiger partial charge in [-0.3, -0.25) is 9.59 Å². The molecule has 3 aromatic rings. The lowest BCUT2D eigenvalue weighted by Gasteiger charge is -2.25. The van der Waals surface area contributed by atoms with Crippen molar-refractivity contribution in [3.63, 3.8) is 0 Å². The van der Waals surface area contributed by atoms with Crippen LogP contribution >= 0.6 is 11.6 Å². The normalized spacial score (nSPS) is 13.8. The summed E-state index contributed by atoms with van der Waals surface area (Å²) in [6.07, 6.45) is 0. The van der Waals surface area contributed by atoms with Crippen LogP contribution in [0.15, 0.2) is 84.6 Å². The van der Waals surface area contributed by atoms with Crippen LogP contribution in [0.3, 0.4) is 0 Å². The molecule has 2 amide bonds. The van der Waals surface area contributed by atoms with Gasteiger partial charge in [0.05, 0.1) is 11.3 Å². The molecule has 3 aromatic carbocycles. The summed E-state index contributed by atoms with van der Waals surface area (Å²) in [6.45, 7) is 5.05. The Hall–Kier alpha value is -3.37. The summed E-state index contributed by atoms with van der Waals surface area (Å²) in [5.41, 5.74) is 4.13. The summed E-state index contributed by atoms with van der Waals surface area (Å²) in [4.78, 5) is 30.5. The number of amides is 2. The molecule has 0 radical (unpaired) electrons. The van der Waals surface area contributed by atoms with E-state index in [9.17, 15) is 9.59 Å². The summed E-state index contributed by atoms with van der Waals surface area (Å²) < 4.78 is 0. The summed E-state index contributed by atoms with van der Waals surface area (Å²) in [6, 6.07) is 24.4. The molecule has 1 aliphatic rings. The number of benzene rings is 3. The number of carbonyl (C=O) groups is 2. The lowest BCUT2D eigenvalue weighted by molar-refractivity contribution is -0.120. The molecule has 31 heavy (non-hydrogen) atoms. The highest BCUT2D eigenvalue weighted by Crippen LogP contribution is 2.36. The second kappa shape index (κ2) is 8.78. The first-order valence-electron chi connectivity index (χ1n) is 10.2. The number of likely N-dealkylation sites (N-methyl/N-ethyl adjacent to an activating group) is 1. The topological polar surface area (TPSA) is 40.6 Å². The molecule has 0 bridgehead atoms. The first-order chi connectivity index (χ1) is 15.0. The van der Waals surface area contributed by atoms with Crippen LogP contribution in [0.2, 0.25) is 5.02 Å². The molecular weight excluding hydrogens is 408 g/mol. The second-order valence-electron chi connectivity index (χ2n) is 7.51. The number of hydrogen-bond donors (Lipinski definition) is 0. The lowest BCUT2D eigenvalue weighted by Crippen LogP contribution is -2.35. The first kappa shape index (κ1) is 20.9. The molecule has 1 aliphatic heterocycles. The van der Waals surface area contributed by atoms with Gasteiger partial charge < -0.3 is 4.90 Å². The fourth-order valence-electron chi connectivity index (χ4n) is 3.84. The van der Waals surface area contributed by atoms with E-state index < -0.39 is 0 Å². The van der Waals surface area contributed by atoms with Crippen LogP contribution in [0.5, 0.6) is 0 Å². The number of hydrogen-bond acceptors (Lipinski definition) is 3. The van der Waals surface area contributed by atoms with Crippen molar-refractivity contribution >= 4 is 34.7 Å². The van der Waals surface area contributed by atoms with Crippen LogP contribution < -0.4 is 4.90 Å². The SMILES string of the molecule is CCN(Cc1ccccc1)C1=C(c2ccc(Cl)cc2)C(=O)N(c2cccc(C)c2)C1=O. The van der Waals surface area contributed by atoms with Gasteiger partial charge >= 0.3 is 0 Å². The van der Waals surface area contributed by atoms with Crippen molar-refractivity contribution in [1.82, 2.24) is 4.90 Å². The Labute approximate surface area is 187 Å². The Bertz CT molecular complexity index is 1150. The molecule has 5 heteroatoms. The van der Waals surface area contributed by atoms with E-state index in [1.54, 1.807) is 30.3 Å².